The molecule has 0 aromatic carbocycles. The molecule has 0 aliphatic carbocycles. The van der Waals surface area contributed by atoms with E-state index in [9.17, 15) is 4.79 Å². The van der Waals surface area contributed by atoms with E-state index in [-0.39, 0.29) is 17.6 Å². The summed E-state index contributed by atoms with van der Waals surface area (Å²) in [4.78, 5) is 13.8. The lowest BCUT2D eigenvalue weighted by atomic mass is 9.97. The van der Waals surface area contributed by atoms with Crippen LogP contribution in [0.4, 0.5) is 4.79 Å². The highest BCUT2D eigenvalue weighted by atomic mass is 16.6. The smallest absolute Gasteiger partial charge is 0.410 e. The summed E-state index contributed by atoms with van der Waals surface area (Å²) in [7, 11) is 0. The Bertz CT molecular complexity index is 275. The van der Waals surface area contributed by atoms with Gasteiger partial charge in [-0.05, 0) is 40.0 Å². The maximum Gasteiger partial charge on any atom is 0.410 e. The molecule has 0 atom stereocenters. The summed E-state index contributed by atoms with van der Waals surface area (Å²) in [6, 6.07) is 0.145. The van der Waals surface area contributed by atoms with Gasteiger partial charge >= 0.3 is 6.09 Å². The number of nitrogens with zero attached hydrogens (tertiary/aromatic N) is 1. The van der Waals surface area contributed by atoms with E-state index in [1.807, 2.05) is 34.6 Å². The monoisotopic (exact) mass is 272 g/mol. The molecule has 0 rings (SSSR count). The fourth-order valence-corrected chi connectivity index (χ4v) is 1.54. The topological polar surface area (TPSA) is 41.6 Å². The summed E-state index contributed by atoms with van der Waals surface area (Å²) in [6.07, 6.45) is -0.236. The summed E-state index contributed by atoms with van der Waals surface area (Å²) in [6.45, 7) is 18.6. The van der Waals surface area contributed by atoms with E-state index < -0.39 is 5.60 Å². The minimum Gasteiger partial charge on any atom is -0.444 e. The van der Waals surface area contributed by atoms with Crippen LogP contribution in [0, 0.1) is 5.41 Å². The van der Waals surface area contributed by atoms with Crippen molar-refractivity contribution in [3.05, 3.63) is 0 Å². The van der Waals surface area contributed by atoms with Crippen LogP contribution in [-0.2, 0) is 4.74 Å². The van der Waals surface area contributed by atoms with Gasteiger partial charge in [0.2, 0.25) is 0 Å². The van der Waals surface area contributed by atoms with Crippen molar-refractivity contribution in [1.82, 2.24) is 10.2 Å². The second-order valence-corrected chi connectivity index (χ2v) is 7.50. The molecule has 0 unspecified atom stereocenters. The highest BCUT2D eigenvalue weighted by molar-refractivity contribution is 5.68. The molecule has 0 aliphatic rings. The standard InChI is InChI=1S/C15H32N2O2/c1-12(2)17(13(18)19-15(6,7)8)10-9-16-11-14(3,4)5/h12,16H,9-11H2,1-8H3. The SMILES string of the molecule is CC(C)N(CCNCC(C)(C)C)C(=O)OC(C)(C)C. The Morgan fingerprint density at radius 3 is 2.05 bits per heavy atom. The fraction of sp³-hybridized carbons (Fsp3) is 0.933. The Hall–Kier alpha value is -0.770. The van der Waals surface area contributed by atoms with Crippen LogP contribution in [0.5, 0.6) is 0 Å². The third kappa shape index (κ3) is 9.77. The fourth-order valence-electron chi connectivity index (χ4n) is 1.54. The lowest BCUT2D eigenvalue weighted by Crippen LogP contribution is -2.44. The second kappa shape index (κ2) is 7.13. The molecular weight excluding hydrogens is 240 g/mol. The van der Waals surface area contributed by atoms with Crippen molar-refractivity contribution in [2.45, 2.75) is 67.0 Å². The van der Waals surface area contributed by atoms with E-state index in [1.165, 1.54) is 0 Å². The first-order valence-corrected chi connectivity index (χ1v) is 7.13. The van der Waals surface area contributed by atoms with E-state index >= 15 is 0 Å². The van der Waals surface area contributed by atoms with E-state index in [1.54, 1.807) is 4.90 Å². The van der Waals surface area contributed by atoms with Crippen LogP contribution < -0.4 is 5.32 Å². The summed E-state index contributed by atoms with van der Waals surface area (Å²) in [5.41, 5.74) is -0.183. The third-order valence-electron chi connectivity index (χ3n) is 2.44. The second-order valence-electron chi connectivity index (χ2n) is 7.50. The normalized spacial score (nSPS) is 12.7. The van der Waals surface area contributed by atoms with Gasteiger partial charge in [-0.1, -0.05) is 20.8 Å². The van der Waals surface area contributed by atoms with E-state index in [4.69, 9.17) is 4.74 Å². The number of hydrogen-bond acceptors (Lipinski definition) is 3. The van der Waals surface area contributed by atoms with Crippen LogP contribution in [0.2, 0.25) is 0 Å². The molecule has 0 fully saturated rings. The average molecular weight is 272 g/mol. The molecule has 1 amide bonds. The van der Waals surface area contributed by atoms with Gasteiger partial charge in [-0.3, -0.25) is 0 Å². The quantitative estimate of drug-likeness (QED) is 0.781. The Balaban J connectivity index is 4.24. The zero-order valence-electron chi connectivity index (χ0n) is 14.0. The van der Waals surface area contributed by atoms with Crippen LogP contribution in [-0.4, -0.2) is 42.3 Å². The molecule has 19 heavy (non-hydrogen) atoms. The number of rotatable bonds is 5. The first kappa shape index (κ1) is 18.2. The molecule has 0 aliphatic heterocycles. The molecule has 114 valence electrons. The van der Waals surface area contributed by atoms with Gasteiger partial charge in [-0.2, -0.15) is 0 Å². The molecule has 0 aromatic rings. The van der Waals surface area contributed by atoms with Crippen LogP contribution >= 0.6 is 0 Å². The van der Waals surface area contributed by atoms with Crippen LogP contribution in [0.15, 0.2) is 0 Å². The average Bonchev–Trinajstić information content (AvgIpc) is 2.11. The minimum atomic E-state index is -0.441. The Labute approximate surface area is 118 Å². The Kier molecular flexibility index (Phi) is 6.84. The minimum absolute atomic E-state index is 0.145. The zero-order chi connectivity index (χ0) is 15.3. The first-order valence-electron chi connectivity index (χ1n) is 7.13. The van der Waals surface area contributed by atoms with Gasteiger partial charge in [-0.25, -0.2) is 4.79 Å². The Morgan fingerprint density at radius 1 is 1.16 bits per heavy atom. The number of ether oxygens (including phenoxy) is 1. The molecular formula is C15H32N2O2. The largest absolute Gasteiger partial charge is 0.444 e. The van der Waals surface area contributed by atoms with Crippen molar-refractivity contribution in [3.8, 4) is 0 Å². The number of carbonyl (C=O) groups excluding carboxylic acids is 1. The predicted octanol–water partition coefficient (Wildman–Crippen LogP) is 3.27. The number of carbonyl (C=O) groups is 1. The first-order chi connectivity index (χ1) is 8.42. The van der Waals surface area contributed by atoms with Crippen molar-refractivity contribution in [2.24, 2.45) is 5.41 Å². The van der Waals surface area contributed by atoms with Crippen molar-refractivity contribution >= 4 is 6.09 Å². The Morgan fingerprint density at radius 2 is 1.68 bits per heavy atom. The van der Waals surface area contributed by atoms with E-state index in [0.717, 1.165) is 13.1 Å². The van der Waals surface area contributed by atoms with E-state index in [2.05, 4.69) is 26.1 Å². The van der Waals surface area contributed by atoms with Gasteiger partial charge < -0.3 is 15.0 Å². The zero-order valence-corrected chi connectivity index (χ0v) is 14.0. The molecule has 0 aromatic heterocycles. The molecule has 0 spiro atoms. The summed E-state index contributed by atoms with van der Waals surface area (Å²) >= 11 is 0. The van der Waals surface area contributed by atoms with Crippen LogP contribution in [0.25, 0.3) is 0 Å². The van der Waals surface area contributed by atoms with Gasteiger partial charge in [0.25, 0.3) is 0 Å². The summed E-state index contributed by atoms with van der Waals surface area (Å²) in [5, 5.41) is 3.38. The third-order valence-corrected chi connectivity index (χ3v) is 2.44. The molecule has 0 bridgehead atoms. The van der Waals surface area contributed by atoms with Crippen LogP contribution in [0.3, 0.4) is 0 Å². The van der Waals surface area contributed by atoms with Crippen molar-refractivity contribution in [1.29, 1.82) is 0 Å². The molecule has 0 saturated heterocycles. The molecule has 1 N–H and O–H groups in total. The molecule has 0 radical (unpaired) electrons. The highest BCUT2D eigenvalue weighted by Crippen LogP contribution is 2.12. The van der Waals surface area contributed by atoms with E-state index in [0.29, 0.717) is 6.54 Å². The van der Waals surface area contributed by atoms with Crippen LogP contribution in [0.1, 0.15) is 55.4 Å². The van der Waals surface area contributed by atoms with Gasteiger partial charge in [0.15, 0.2) is 0 Å². The predicted molar refractivity (Wildman–Crippen MR) is 80.4 cm³/mol. The maximum atomic E-state index is 12.1. The maximum absolute atomic E-state index is 12.1. The lowest BCUT2D eigenvalue weighted by Gasteiger charge is -2.30. The lowest BCUT2D eigenvalue weighted by molar-refractivity contribution is 0.0193. The molecule has 0 heterocycles. The molecule has 0 saturated carbocycles. The number of nitrogens with one attached hydrogen (secondary N) is 1. The molecule has 4 heteroatoms. The summed E-state index contributed by atoms with van der Waals surface area (Å²) < 4.78 is 5.42. The van der Waals surface area contributed by atoms with Crippen molar-refractivity contribution in [3.63, 3.8) is 0 Å². The number of amides is 1. The van der Waals surface area contributed by atoms with Gasteiger partial charge in [-0.15, -0.1) is 0 Å². The highest BCUT2D eigenvalue weighted by Gasteiger charge is 2.23. The molecule has 4 nitrogen and oxygen atoms in total. The summed E-state index contributed by atoms with van der Waals surface area (Å²) in [5.74, 6) is 0. The van der Waals surface area contributed by atoms with Crippen molar-refractivity contribution < 1.29 is 9.53 Å². The van der Waals surface area contributed by atoms with Gasteiger partial charge in [0, 0.05) is 25.7 Å². The van der Waals surface area contributed by atoms with Gasteiger partial charge in [0.1, 0.15) is 5.60 Å². The number of hydrogen-bond donors (Lipinski definition) is 1. The van der Waals surface area contributed by atoms with Gasteiger partial charge in [0.05, 0.1) is 0 Å². The van der Waals surface area contributed by atoms with Crippen molar-refractivity contribution in [2.75, 3.05) is 19.6 Å².